The number of piperazine rings is 1. The van der Waals surface area contributed by atoms with Crippen molar-refractivity contribution in [1.29, 1.82) is 0 Å². The Balaban J connectivity index is 1.43. The van der Waals surface area contributed by atoms with Crippen molar-refractivity contribution >= 4 is 22.7 Å². The minimum atomic E-state index is -0.0380. The number of aromatic amines is 1. The van der Waals surface area contributed by atoms with Crippen LogP contribution in [0, 0.1) is 6.92 Å². The van der Waals surface area contributed by atoms with Gasteiger partial charge < -0.3 is 19.2 Å². The highest BCUT2D eigenvalue weighted by Crippen LogP contribution is 2.18. The van der Waals surface area contributed by atoms with Crippen molar-refractivity contribution in [3.63, 3.8) is 0 Å². The summed E-state index contributed by atoms with van der Waals surface area (Å²) in [5, 5.41) is 1.02. The fourth-order valence-corrected chi connectivity index (χ4v) is 3.25. The second-order valence-corrected chi connectivity index (χ2v) is 6.25. The maximum absolute atomic E-state index is 12.7. The molecule has 3 heterocycles. The van der Waals surface area contributed by atoms with Crippen LogP contribution in [0.15, 0.2) is 47.1 Å². The number of benzene rings is 1. The Morgan fingerprint density at radius 2 is 1.68 bits per heavy atom. The largest absolute Gasteiger partial charge is 0.469 e. The average Bonchev–Trinajstić information content (AvgIpc) is 3.26. The summed E-state index contributed by atoms with van der Waals surface area (Å²) in [7, 11) is 0. The summed E-state index contributed by atoms with van der Waals surface area (Å²) in [6.45, 7) is 3.88. The molecule has 0 unspecified atom stereocenters. The molecule has 2 amide bonds. The third-order valence-corrected chi connectivity index (χ3v) is 4.70. The lowest BCUT2D eigenvalue weighted by atomic mass is 10.2. The van der Waals surface area contributed by atoms with Crippen LogP contribution >= 0.6 is 0 Å². The fourth-order valence-electron chi connectivity index (χ4n) is 3.25. The first-order valence-electron chi connectivity index (χ1n) is 8.34. The van der Waals surface area contributed by atoms with Crippen LogP contribution in [-0.4, -0.2) is 52.8 Å². The second-order valence-electron chi connectivity index (χ2n) is 6.25. The van der Waals surface area contributed by atoms with E-state index in [2.05, 4.69) is 4.98 Å². The van der Waals surface area contributed by atoms with Crippen molar-refractivity contribution in [3.8, 4) is 0 Å². The monoisotopic (exact) mass is 337 g/mol. The molecule has 1 N–H and O–H groups in total. The summed E-state index contributed by atoms with van der Waals surface area (Å²) in [5.74, 6) is 0.563. The van der Waals surface area contributed by atoms with Gasteiger partial charge in [0.1, 0.15) is 11.5 Å². The van der Waals surface area contributed by atoms with Crippen LogP contribution < -0.4 is 0 Å². The molecule has 6 nitrogen and oxygen atoms in total. The second kappa shape index (κ2) is 6.12. The molecule has 25 heavy (non-hydrogen) atoms. The van der Waals surface area contributed by atoms with E-state index in [1.165, 1.54) is 6.26 Å². The highest BCUT2D eigenvalue weighted by molar-refractivity contribution is 5.98. The molecule has 1 fully saturated rings. The zero-order valence-electron chi connectivity index (χ0n) is 14.0. The number of carbonyl (C=O) groups is 2. The number of H-pyrrole nitrogens is 1. The number of fused-ring (bicyclic) bond motifs is 1. The zero-order chi connectivity index (χ0) is 17.4. The molecule has 0 aliphatic carbocycles. The minimum Gasteiger partial charge on any atom is -0.469 e. The van der Waals surface area contributed by atoms with E-state index in [0.717, 1.165) is 10.9 Å². The topological polar surface area (TPSA) is 69.6 Å². The Labute approximate surface area is 145 Å². The van der Waals surface area contributed by atoms with E-state index in [1.54, 1.807) is 22.8 Å². The normalized spacial score (nSPS) is 14.9. The van der Waals surface area contributed by atoms with E-state index in [0.29, 0.717) is 43.2 Å². The Hall–Kier alpha value is -3.02. The van der Waals surface area contributed by atoms with Crippen LogP contribution in [0.1, 0.15) is 26.6 Å². The average molecular weight is 337 g/mol. The number of para-hydroxylation sites is 1. The number of nitrogens with one attached hydrogen (secondary N) is 1. The van der Waals surface area contributed by atoms with Gasteiger partial charge in [-0.2, -0.15) is 0 Å². The van der Waals surface area contributed by atoms with Crippen molar-refractivity contribution in [2.45, 2.75) is 6.92 Å². The summed E-state index contributed by atoms with van der Waals surface area (Å²) in [4.78, 5) is 31.9. The van der Waals surface area contributed by atoms with Gasteiger partial charge in [-0.25, -0.2) is 0 Å². The lowest BCUT2D eigenvalue weighted by Crippen LogP contribution is -2.50. The number of nitrogens with zero attached hydrogens (tertiary/aromatic N) is 2. The van der Waals surface area contributed by atoms with E-state index in [9.17, 15) is 9.59 Å². The highest BCUT2D eigenvalue weighted by Gasteiger charge is 2.27. The van der Waals surface area contributed by atoms with Gasteiger partial charge in [-0.1, -0.05) is 18.2 Å². The first-order valence-corrected chi connectivity index (χ1v) is 8.34. The summed E-state index contributed by atoms with van der Waals surface area (Å²) < 4.78 is 5.21. The van der Waals surface area contributed by atoms with Crippen LogP contribution in [0.2, 0.25) is 0 Å². The third-order valence-electron chi connectivity index (χ3n) is 4.70. The molecule has 1 aliphatic heterocycles. The maximum atomic E-state index is 12.7. The predicted octanol–water partition coefficient (Wildman–Crippen LogP) is 2.67. The lowest BCUT2D eigenvalue weighted by molar-refractivity contribution is 0.0532. The highest BCUT2D eigenvalue weighted by atomic mass is 16.3. The Kier molecular flexibility index (Phi) is 3.80. The Morgan fingerprint density at radius 3 is 2.32 bits per heavy atom. The standard InChI is InChI=1S/C19H19N3O3/c1-13-15(6-11-25-13)18(23)21-7-9-22(10-8-21)19(24)17-12-14-4-2-3-5-16(14)20-17/h2-6,11-12,20H,7-10H2,1H3. The van der Waals surface area contributed by atoms with E-state index in [4.69, 9.17) is 4.42 Å². The molecule has 0 radical (unpaired) electrons. The maximum Gasteiger partial charge on any atom is 0.270 e. The van der Waals surface area contributed by atoms with Crippen LogP contribution in [-0.2, 0) is 0 Å². The van der Waals surface area contributed by atoms with E-state index >= 15 is 0 Å². The van der Waals surface area contributed by atoms with Gasteiger partial charge in [0, 0.05) is 37.1 Å². The summed E-state index contributed by atoms with van der Waals surface area (Å²) in [5.41, 5.74) is 2.14. The number of hydrogen-bond acceptors (Lipinski definition) is 3. The van der Waals surface area contributed by atoms with Gasteiger partial charge >= 0.3 is 0 Å². The molecule has 0 saturated carbocycles. The summed E-state index contributed by atoms with van der Waals surface area (Å²) in [6, 6.07) is 11.4. The van der Waals surface area contributed by atoms with Gasteiger partial charge in [0.05, 0.1) is 11.8 Å². The van der Waals surface area contributed by atoms with Crippen molar-refractivity contribution in [2.24, 2.45) is 0 Å². The van der Waals surface area contributed by atoms with E-state index < -0.39 is 0 Å². The Bertz CT molecular complexity index is 899. The molecule has 0 spiro atoms. The van der Waals surface area contributed by atoms with Crippen molar-refractivity contribution in [2.75, 3.05) is 26.2 Å². The van der Waals surface area contributed by atoms with Gasteiger partial charge in [-0.05, 0) is 25.1 Å². The molecule has 6 heteroatoms. The third kappa shape index (κ3) is 2.80. The number of amides is 2. The van der Waals surface area contributed by atoms with Crippen LogP contribution in [0.5, 0.6) is 0 Å². The molecular weight excluding hydrogens is 318 g/mol. The first-order chi connectivity index (χ1) is 12.1. The number of aromatic nitrogens is 1. The zero-order valence-corrected chi connectivity index (χ0v) is 14.0. The molecular formula is C19H19N3O3. The Morgan fingerprint density at radius 1 is 1.00 bits per heavy atom. The molecule has 1 aliphatic rings. The molecule has 128 valence electrons. The van der Waals surface area contributed by atoms with Crippen molar-refractivity contribution in [1.82, 2.24) is 14.8 Å². The molecule has 1 saturated heterocycles. The van der Waals surface area contributed by atoms with Gasteiger partial charge in [0.15, 0.2) is 0 Å². The number of furan rings is 1. The fraction of sp³-hybridized carbons (Fsp3) is 0.263. The van der Waals surface area contributed by atoms with Gasteiger partial charge in [0.25, 0.3) is 11.8 Å². The predicted molar refractivity (Wildman–Crippen MR) is 93.6 cm³/mol. The lowest BCUT2D eigenvalue weighted by Gasteiger charge is -2.34. The number of hydrogen-bond donors (Lipinski definition) is 1. The number of rotatable bonds is 2. The number of carbonyl (C=O) groups excluding carboxylic acids is 2. The van der Waals surface area contributed by atoms with Gasteiger partial charge in [-0.3, -0.25) is 9.59 Å². The van der Waals surface area contributed by atoms with E-state index in [-0.39, 0.29) is 11.8 Å². The quantitative estimate of drug-likeness (QED) is 0.781. The number of aryl methyl sites for hydroxylation is 1. The molecule has 0 atom stereocenters. The molecule has 2 aromatic heterocycles. The molecule has 3 aromatic rings. The summed E-state index contributed by atoms with van der Waals surface area (Å²) >= 11 is 0. The van der Waals surface area contributed by atoms with Crippen molar-refractivity contribution < 1.29 is 14.0 Å². The van der Waals surface area contributed by atoms with Crippen molar-refractivity contribution in [3.05, 3.63) is 59.7 Å². The van der Waals surface area contributed by atoms with Crippen LogP contribution in [0.25, 0.3) is 10.9 Å². The SMILES string of the molecule is Cc1occc1C(=O)N1CCN(C(=O)c2cc3ccccc3[nH]2)CC1. The van der Waals surface area contributed by atoms with Gasteiger partial charge in [0.2, 0.25) is 0 Å². The molecule has 1 aromatic carbocycles. The molecule has 0 bridgehead atoms. The van der Waals surface area contributed by atoms with Gasteiger partial charge in [-0.15, -0.1) is 0 Å². The minimum absolute atomic E-state index is 0.0252. The van der Waals surface area contributed by atoms with Crippen LogP contribution in [0.3, 0.4) is 0 Å². The molecule has 4 rings (SSSR count). The first kappa shape index (κ1) is 15.5. The summed E-state index contributed by atoms with van der Waals surface area (Å²) in [6.07, 6.45) is 1.53. The smallest absolute Gasteiger partial charge is 0.270 e. The van der Waals surface area contributed by atoms with Crippen LogP contribution in [0.4, 0.5) is 0 Å². The van der Waals surface area contributed by atoms with E-state index in [1.807, 2.05) is 30.3 Å².